The van der Waals surface area contributed by atoms with E-state index in [9.17, 15) is 0 Å². The minimum Gasteiger partial charge on any atom is -0.343 e. The van der Waals surface area contributed by atoms with E-state index in [1.807, 2.05) is 6.20 Å². The number of imidazole rings is 1. The van der Waals surface area contributed by atoms with Crippen LogP contribution in [0.5, 0.6) is 0 Å². The first kappa shape index (κ1) is 10.4. The maximum absolute atomic E-state index is 4.40. The van der Waals surface area contributed by atoms with Gasteiger partial charge in [0.15, 0.2) is 0 Å². The van der Waals surface area contributed by atoms with Crippen molar-refractivity contribution in [1.82, 2.24) is 9.55 Å². The van der Waals surface area contributed by atoms with Gasteiger partial charge in [0.25, 0.3) is 0 Å². The number of thioether (sulfide) groups is 1. The van der Waals surface area contributed by atoms with Crippen molar-refractivity contribution in [2.24, 2.45) is 7.05 Å². The summed E-state index contributed by atoms with van der Waals surface area (Å²) in [6.07, 6.45) is 4.00. The fourth-order valence-corrected chi connectivity index (χ4v) is 1.89. The van der Waals surface area contributed by atoms with Gasteiger partial charge in [-0.1, -0.05) is 0 Å². The van der Waals surface area contributed by atoms with Crippen LogP contribution in [0.15, 0.2) is 11.2 Å². The predicted molar refractivity (Wildman–Crippen MR) is 58.6 cm³/mol. The van der Waals surface area contributed by atoms with E-state index in [0.717, 1.165) is 19.0 Å². The molecule has 3 nitrogen and oxygen atoms in total. The highest BCUT2D eigenvalue weighted by Gasteiger charge is 2.09. The molecule has 0 bridgehead atoms. The first-order valence-electron chi connectivity index (χ1n) is 4.55. The third-order valence-corrected chi connectivity index (χ3v) is 2.97. The number of anilines is 1. The number of hydrogen-bond donors (Lipinski definition) is 0. The van der Waals surface area contributed by atoms with Gasteiger partial charge in [-0.15, -0.1) is 11.8 Å². The normalized spacial score (nSPS) is 10.5. The minimum absolute atomic E-state index is 1.01. The van der Waals surface area contributed by atoms with E-state index in [0.29, 0.717) is 0 Å². The van der Waals surface area contributed by atoms with Crippen LogP contribution < -0.4 is 4.90 Å². The molecule has 1 aromatic heterocycles. The SMILES string of the molecule is CCN(CC)c1ncc(SC)n1C. The largest absolute Gasteiger partial charge is 0.343 e. The highest BCUT2D eigenvalue weighted by Crippen LogP contribution is 2.20. The van der Waals surface area contributed by atoms with Crippen LogP contribution in [-0.2, 0) is 7.05 Å². The van der Waals surface area contributed by atoms with Crippen molar-refractivity contribution in [1.29, 1.82) is 0 Å². The summed E-state index contributed by atoms with van der Waals surface area (Å²) in [5.41, 5.74) is 0. The average Bonchev–Trinajstić information content (AvgIpc) is 2.50. The zero-order valence-electron chi connectivity index (χ0n) is 8.74. The summed E-state index contributed by atoms with van der Waals surface area (Å²) in [7, 11) is 2.06. The lowest BCUT2D eigenvalue weighted by Gasteiger charge is -2.19. The van der Waals surface area contributed by atoms with Crippen LogP contribution in [0.2, 0.25) is 0 Å². The zero-order valence-corrected chi connectivity index (χ0v) is 9.56. The molecule has 0 N–H and O–H groups in total. The average molecular weight is 199 g/mol. The topological polar surface area (TPSA) is 21.1 Å². The van der Waals surface area contributed by atoms with Gasteiger partial charge in [-0.05, 0) is 20.1 Å². The fraction of sp³-hybridized carbons (Fsp3) is 0.667. The molecule has 0 aliphatic heterocycles. The van der Waals surface area contributed by atoms with Gasteiger partial charge < -0.3 is 9.47 Å². The van der Waals surface area contributed by atoms with Gasteiger partial charge in [-0.2, -0.15) is 0 Å². The number of nitrogens with zero attached hydrogens (tertiary/aromatic N) is 3. The van der Waals surface area contributed by atoms with Gasteiger partial charge in [0, 0.05) is 20.1 Å². The molecule has 0 atom stereocenters. The Hall–Kier alpha value is -0.640. The molecule has 0 spiro atoms. The Labute approximate surface area is 84.1 Å². The van der Waals surface area contributed by atoms with E-state index in [1.54, 1.807) is 11.8 Å². The van der Waals surface area contributed by atoms with Crippen molar-refractivity contribution in [3.63, 3.8) is 0 Å². The van der Waals surface area contributed by atoms with Crippen LogP contribution in [0.4, 0.5) is 5.95 Å². The van der Waals surface area contributed by atoms with Crippen LogP contribution in [0.25, 0.3) is 0 Å². The molecule has 0 aliphatic carbocycles. The lowest BCUT2D eigenvalue weighted by molar-refractivity contribution is 0.745. The van der Waals surface area contributed by atoms with E-state index in [4.69, 9.17) is 0 Å². The number of hydrogen-bond acceptors (Lipinski definition) is 3. The molecule has 0 amide bonds. The molecule has 0 aliphatic rings. The predicted octanol–water partition coefficient (Wildman–Crippen LogP) is 1.99. The molecule has 0 aromatic carbocycles. The van der Waals surface area contributed by atoms with Crippen LogP contribution in [-0.4, -0.2) is 28.9 Å². The molecule has 0 saturated heterocycles. The molecule has 13 heavy (non-hydrogen) atoms. The first-order chi connectivity index (χ1) is 6.24. The zero-order chi connectivity index (χ0) is 9.84. The Morgan fingerprint density at radius 1 is 1.46 bits per heavy atom. The molecule has 0 saturated carbocycles. The molecule has 4 heteroatoms. The third kappa shape index (κ3) is 1.99. The van der Waals surface area contributed by atoms with Gasteiger partial charge in [-0.25, -0.2) is 4.98 Å². The highest BCUT2D eigenvalue weighted by atomic mass is 32.2. The summed E-state index contributed by atoms with van der Waals surface area (Å²) in [5.74, 6) is 1.06. The summed E-state index contributed by atoms with van der Waals surface area (Å²) >= 11 is 1.73. The first-order valence-corrected chi connectivity index (χ1v) is 5.77. The lowest BCUT2D eigenvalue weighted by Crippen LogP contribution is -2.25. The van der Waals surface area contributed by atoms with Crippen molar-refractivity contribution in [3.8, 4) is 0 Å². The van der Waals surface area contributed by atoms with Gasteiger partial charge in [-0.3, -0.25) is 0 Å². The molecule has 1 rings (SSSR count). The third-order valence-electron chi connectivity index (χ3n) is 2.18. The number of aromatic nitrogens is 2. The second kappa shape index (κ2) is 4.56. The second-order valence-corrected chi connectivity index (χ2v) is 3.66. The van der Waals surface area contributed by atoms with Crippen molar-refractivity contribution >= 4 is 17.7 Å². The van der Waals surface area contributed by atoms with Crippen LogP contribution in [0.3, 0.4) is 0 Å². The maximum Gasteiger partial charge on any atom is 0.206 e. The molecule has 0 fully saturated rings. The minimum atomic E-state index is 1.01. The standard InChI is InChI=1S/C9H17N3S/c1-5-12(6-2)9-10-7-8(13-4)11(9)3/h7H,5-6H2,1-4H3. The number of rotatable bonds is 4. The molecular formula is C9H17N3S. The van der Waals surface area contributed by atoms with Gasteiger partial charge in [0.2, 0.25) is 5.95 Å². The van der Waals surface area contributed by atoms with E-state index >= 15 is 0 Å². The van der Waals surface area contributed by atoms with E-state index in [-0.39, 0.29) is 0 Å². The molecular weight excluding hydrogens is 182 g/mol. The second-order valence-electron chi connectivity index (χ2n) is 2.83. The Kier molecular flexibility index (Phi) is 3.66. The van der Waals surface area contributed by atoms with Gasteiger partial charge in [0.05, 0.1) is 11.2 Å². The summed E-state index contributed by atoms with van der Waals surface area (Å²) < 4.78 is 2.14. The maximum atomic E-state index is 4.40. The summed E-state index contributed by atoms with van der Waals surface area (Å²) in [6, 6.07) is 0. The molecule has 1 heterocycles. The van der Waals surface area contributed by atoms with Crippen LogP contribution >= 0.6 is 11.8 Å². The van der Waals surface area contributed by atoms with Crippen molar-refractivity contribution in [2.45, 2.75) is 18.9 Å². The Balaban J connectivity index is 2.93. The van der Waals surface area contributed by atoms with Crippen LogP contribution in [0, 0.1) is 0 Å². The monoisotopic (exact) mass is 199 g/mol. The summed E-state index contributed by atoms with van der Waals surface area (Å²) in [5, 5.41) is 1.21. The fourth-order valence-electron chi connectivity index (χ4n) is 1.37. The van der Waals surface area contributed by atoms with Crippen molar-refractivity contribution < 1.29 is 0 Å². The Morgan fingerprint density at radius 2 is 2.08 bits per heavy atom. The smallest absolute Gasteiger partial charge is 0.206 e. The van der Waals surface area contributed by atoms with E-state index < -0.39 is 0 Å². The lowest BCUT2D eigenvalue weighted by atomic mass is 10.5. The summed E-state index contributed by atoms with van der Waals surface area (Å²) in [4.78, 5) is 6.65. The molecule has 0 radical (unpaired) electrons. The van der Waals surface area contributed by atoms with Crippen molar-refractivity contribution in [3.05, 3.63) is 6.20 Å². The highest BCUT2D eigenvalue weighted by molar-refractivity contribution is 7.98. The summed E-state index contributed by atoms with van der Waals surface area (Å²) in [6.45, 7) is 6.32. The van der Waals surface area contributed by atoms with Crippen molar-refractivity contribution in [2.75, 3.05) is 24.2 Å². The van der Waals surface area contributed by atoms with Gasteiger partial charge >= 0.3 is 0 Å². The molecule has 1 aromatic rings. The quantitative estimate of drug-likeness (QED) is 0.692. The van der Waals surface area contributed by atoms with E-state index in [2.05, 4.69) is 41.6 Å². The Morgan fingerprint density at radius 3 is 2.46 bits per heavy atom. The Bertz CT molecular complexity index is 266. The molecule has 74 valence electrons. The molecule has 0 unspecified atom stereocenters. The van der Waals surface area contributed by atoms with Gasteiger partial charge in [0.1, 0.15) is 0 Å². The van der Waals surface area contributed by atoms with E-state index in [1.165, 1.54) is 5.03 Å². The van der Waals surface area contributed by atoms with Crippen LogP contribution in [0.1, 0.15) is 13.8 Å².